The third kappa shape index (κ3) is 2.28. The number of amides is 2. The van der Waals surface area contributed by atoms with Crippen molar-refractivity contribution in [2.45, 2.75) is 51.0 Å². The molecule has 0 saturated heterocycles. The van der Waals surface area contributed by atoms with Gasteiger partial charge in [-0.1, -0.05) is 30.9 Å². The maximum atomic E-state index is 12.5. The van der Waals surface area contributed by atoms with Gasteiger partial charge in [0.15, 0.2) is 0 Å². The van der Waals surface area contributed by atoms with Gasteiger partial charge in [-0.15, -0.1) is 0 Å². The molecule has 0 aromatic rings. The summed E-state index contributed by atoms with van der Waals surface area (Å²) in [7, 11) is 0. The second-order valence-electron chi connectivity index (χ2n) is 6.23. The van der Waals surface area contributed by atoms with Crippen molar-refractivity contribution < 1.29 is 9.59 Å². The first-order valence-corrected chi connectivity index (χ1v) is 7.45. The second kappa shape index (κ2) is 4.99. The fraction of sp³-hybridized carbons (Fsp3) is 0.733. The van der Waals surface area contributed by atoms with Crippen LogP contribution in [0.3, 0.4) is 0 Å². The Labute approximate surface area is 113 Å². The number of allylic oxidation sites excluding steroid dienone is 1. The molecule has 0 spiro atoms. The molecule has 3 rings (SSSR count). The maximum absolute atomic E-state index is 12.5. The van der Waals surface area contributed by atoms with Crippen LogP contribution >= 0.6 is 0 Å². The molecule has 19 heavy (non-hydrogen) atoms. The van der Waals surface area contributed by atoms with Gasteiger partial charge < -0.3 is 11.1 Å². The molecule has 4 heteroatoms. The monoisotopic (exact) mass is 262 g/mol. The Kier molecular flexibility index (Phi) is 3.33. The number of hydrogen-bond donors (Lipinski definition) is 2. The minimum Gasteiger partial charge on any atom is -0.369 e. The van der Waals surface area contributed by atoms with E-state index in [1.807, 2.05) is 0 Å². The van der Waals surface area contributed by atoms with Crippen LogP contribution in [0.1, 0.15) is 44.9 Å². The highest BCUT2D eigenvalue weighted by Gasteiger charge is 2.49. The van der Waals surface area contributed by atoms with Crippen molar-refractivity contribution in [2.75, 3.05) is 0 Å². The van der Waals surface area contributed by atoms with E-state index in [1.54, 1.807) is 0 Å². The van der Waals surface area contributed by atoms with Gasteiger partial charge in [0.05, 0.1) is 11.8 Å². The van der Waals surface area contributed by atoms with Crippen molar-refractivity contribution in [2.24, 2.45) is 23.5 Å². The van der Waals surface area contributed by atoms with Crippen molar-refractivity contribution in [3.8, 4) is 0 Å². The van der Waals surface area contributed by atoms with Gasteiger partial charge in [0, 0.05) is 6.04 Å². The van der Waals surface area contributed by atoms with Gasteiger partial charge in [-0.3, -0.25) is 9.59 Å². The summed E-state index contributed by atoms with van der Waals surface area (Å²) >= 11 is 0. The molecule has 2 saturated carbocycles. The Hall–Kier alpha value is -1.32. The lowest BCUT2D eigenvalue weighted by atomic mass is 9.82. The minimum absolute atomic E-state index is 0.0591. The zero-order chi connectivity index (χ0) is 13.4. The van der Waals surface area contributed by atoms with E-state index >= 15 is 0 Å². The lowest BCUT2D eigenvalue weighted by Gasteiger charge is -2.28. The number of carbonyl (C=O) groups is 2. The van der Waals surface area contributed by atoms with E-state index in [2.05, 4.69) is 11.4 Å². The molecular weight excluding hydrogens is 240 g/mol. The first-order valence-electron chi connectivity index (χ1n) is 7.45. The third-order valence-electron chi connectivity index (χ3n) is 5.01. The van der Waals surface area contributed by atoms with Crippen molar-refractivity contribution in [3.05, 3.63) is 11.6 Å². The highest BCUT2D eigenvalue weighted by molar-refractivity contribution is 5.90. The van der Waals surface area contributed by atoms with Crippen LogP contribution in [-0.4, -0.2) is 17.9 Å². The zero-order valence-electron chi connectivity index (χ0n) is 11.2. The highest BCUT2D eigenvalue weighted by atomic mass is 16.2. The predicted octanol–water partition coefficient (Wildman–Crippen LogP) is 1.50. The van der Waals surface area contributed by atoms with Crippen molar-refractivity contribution in [1.29, 1.82) is 0 Å². The summed E-state index contributed by atoms with van der Waals surface area (Å²) in [6.45, 7) is 0. The molecule has 3 N–H and O–H groups in total. The van der Waals surface area contributed by atoms with Crippen molar-refractivity contribution in [3.63, 3.8) is 0 Å². The summed E-state index contributed by atoms with van der Waals surface area (Å²) in [5, 5.41) is 3.16. The minimum atomic E-state index is -0.345. The molecule has 2 fully saturated rings. The normalized spacial score (nSPS) is 34.1. The van der Waals surface area contributed by atoms with E-state index in [1.165, 1.54) is 19.3 Å². The standard InChI is InChI=1S/C15H22N2O2/c16-14(18)12-9-6-7-10(8-9)13(12)15(19)17-11-4-2-1-3-5-11/h6,10-13H,1-5,7-8H2,(H2,16,18)(H,17,19). The summed E-state index contributed by atoms with van der Waals surface area (Å²) in [4.78, 5) is 24.1. The molecule has 0 aromatic heterocycles. The Bertz CT molecular complexity index is 424. The lowest BCUT2D eigenvalue weighted by molar-refractivity contribution is -0.133. The Morgan fingerprint density at radius 1 is 1.21 bits per heavy atom. The van der Waals surface area contributed by atoms with Gasteiger partial charge in [0.25, 0.3) is 0 Å². The largest absolute Gasteiger partial charge is 0.369 e. The second-order valence-corrected chi connectivity index (χ2v) is 6.23. The van der Waals surface area contributed by atoms with E-state index in [0.717, 1.165) is 31.3 Å². The Morgan fingerprint density at radius 3 is 2.63 bits per heavy atom. The van der Waals surface area contributed by atoms with Gasteiger partial charge in [0.1, 0.15) is 0 Å². The smallest absolute Gasteiger partial charge is 0.225 e. The SMILES string of the molecule is NC(=O)C1C2=CCC(C2)C1C(=O)NC1CCCCC1. The molecule has 0 aromatic carbocycles. The first-order chi connectivity index (χ1) is 9.16. The molecule has 2 amide bonds. The van der Waals surface area contributed by atoms with Crippen LogP contribution < -0.4 is 11.1 Å². The molecule has 3 unspecified atom stereocenters. The highest BCUT2D eigenvalue weighted by Crippen LogP contribution is 2.48. The molecule has 3 aliphatic rings. The van der Waals surface area contributed by atoms with E-state index in [9.17, 15) is 9.59 Å². The summed E-state index contributed by atoms with van der Waals surface area (Å²) in [5.74, 6) is -0.529. The summed E-state index contributed by atoms with van der Waals surface area (Å²) in [5.41, 5.74) is 6.58. The van der Waals surface area contributed by atoms with Crippen molar-refractivity contribution in [1.82, 2.24) is 5.32 Å². The molecule has 3 aliphatic carbocycles. The number of nitrogens with one attached hydrogen (secondary N) is 1. The van der Waals surface area contributed by atoms with Crippen LogP contribution in [0.25, 0.3) is 0 Å². The molecule has 0 aliphatic heterocycles. The van der Waals surface area contributed by atoms with Gasteiger partial charge in [-0.2, -0.15) is 0 Å². The van der Waals surface area contributed by atoms with E-state index < -0.39 is 0 Å². The predicted molar refractivity (Wildman–Crippen MR) is 72.0 cm³/mol. The molecular formula is C15H22N2O2. The molecule has 4 nitrogen and oxygen atoms in total. The maximum Gasteiger partial charge on any atom is 0.225 e. The van der Waals surface area contributed by atoms with Gasteiger partial charge in [-0.05, 0) is 31.6 Å². The number of nitrogens with two attached hydrogens (primary N) is 1. The number of hydrogen-bond acceptors (Lipinski definition) is 2. The van der Waals surface area contributed by atoms with Crippen molar-refractivity contribution >= 4 is 11.8 Å². The first kappa shape index (κ1) is 12.7. The van der Waals surface area contributed by atoms with Crippen LogP contribution in [0, 0.1) is 17.8 Å². The van der Waals surface area contributed by atoms with Crippen LogP contribution in [0.2, 0.25) is 0 Å². The van der Waals surface area contributed by atoms with Crippen LogP contribution in [0.5, 0.6) is 0 Å². The molecule has 3 atom stereocenters. The van der Waals surface area contributed by atoms with E-state index in [-0.39, 0.29) is 23.7 Å². The fourth-order valence-electron chi connectivity index (χ4n) is 4.07. The molecule has 0 heterocycles. The van der Waals surface area contributed by atoms with Crippen LogP contribution in [-0.2, 0) is 9.59 Å². The molecule has 0 radical (unpaired) electrons. The Morgan fingerprint density at radius 2 is 1.95 bits per heavy atom. The van der Waals surface area contributed by atoms with Gasteiger partial charge in [0.2, 0.25) is 11.8 Å². The fourth-order valence-corrected chi connectivity index (χ4v) is 4.07. The number of carbonyl (C=O) groups excluding carboxylic acids is 2. The quantitative estimate of drug-likeness (QED) is 0.757. The number of primary amides is 1. The topological polar surface area (TPSA) is 72.2 Å². The van der Waals surface area contributed by atoms with E-state index in [4.69, 9.17) is 5.73 Å². The van der Waals surface area contributed by atoms with Gasteiger partial charge >= 0.3 is 0 Å². The van der Waals surface area contributed by atoms with Gasteiger partial charge in [-0.25, -0.2) is 0 Å². The average molecular weight is 262 g/mol. The van der Waals surface area contributed by atoms with E-state index in [0.29, 0.717) is 12.0 Å². The summed E-state index contributed by atoms with van der Waals surface area (Å²) in [6.07, 6.45) is 9.74. The summed E-state index contributed by atoms with van der Waals surface area (Å²) in [6, 6.07) is 0.308. The Balaban J connectivity index is 1.68. The number of fused-ring (bicyclic) bond motifs is 2. The molecule has 2 bridgehead atoms. The third-order valence-corrected chi connectivity index (χ3v) is 5.01. The average Bonchev–Trinajstić information content (AvgIpc) is 2.99. The zero-order valence-corrected chi connectivity index (χ0v) is 11.2. The van der Waals surface area contributed by atoms with Crippen LogP contribution in [0.4, 0.5) is 0 Å². The van der Waals surface area contributed by atoms with Crippen LogP contribution in [0.15, 0.2) is 11.6 Å². The molecule has 104 valence electrons. The lowest BCUT2D eigenvalue weighted by Crippen LogP contribution is -2.45. The number of rotatable bonds is 3. The summed E-state index contributed by atoms with van der Waals surface area (Å²) < 4.78 is 0.